The molecule has 5 heteroatoms. The first-order chi connectivity index (χ1) is 8.25. The highest BCUT2D eigenvalue weighted by Crippen LogP contribution is 2.33. The molecule has 0 unspecified atom stereocenters. The van der Waals surface area contributed by atoms with Gasteiger partial charge in [-0.1, -0.05) is 29.3 Å². The zero-order chi connectivity index (χ0) is 11.8. The van der Waals surface area contributed by atoms with E-state index in [1.165, 1.54) is 0 Å². The lowest BCUT2D eigenvalue weighted by molar-refractivity contribution is 1.31. The summed E-state index contributed by atoms with van der Waals surface area (Å²) in [5.74, 6) is 0.531. The molecule has 3 aromatic rings. The van der Waals surface area contributed by atoms with Crippen LogP contribution in [0.5, 0.6) is 0 Å². The van der Waals surface area contributed by atoms with Crippen LogP contribution in [0, 0.1) is 0 Å². The van der Waals surface area contributed by atoms with E-state index in [0.29, 0.717) is 21.4 Å². The minimum Gasteiger partial charge on any atom is -0.435 e. The summed E-state index contributed by atoms with van der Waals surface area (Å²) in [5, 5.41) is 1.08. The molecular weight excluding hydrogens is 257 g/mol. The van der Waals surface area contributed by atoms with Crippen LogP contribution in [-0.2, 0) is 0 Å². The number of fused-ring (bicyclic) bond motifs is 1. The van der Waals surface area contributed by atoms with E-state index in [-0.39, 0.29) is 0 Å². The summed E-state index contributed by atoms with van der Waals surface area (Å²) < 4.78 is 0. The van der Waals surface area contributed by atoms with Gasteiger partial charge >= 0.3 is 0 Å². The Balaban J connectivity index is 2.27. The maximum atomic E-state index is 6.11. The van der Waals surface area contributed by atoms with Gasteiger partial charge in [0.15, 0.2) is 0 Å². The van der Waals surface area contributed by atoms with Crippen LogP contribution < -0.4 is 4.98 Å². The van der Waals surface area contributed by atoms with E-state index in [1.807, 2.05) is 0 Å². The molecule has 0 fully saturated rings. The second-order valence-corrected chi connectivity index (χ2v) is 4.32. The molecule has 0 atom stereocenters. The van der Waals surface area contributed by atoms with Gasteiger partial charge in [0.25, 0.3) is 0 Å². The van der Waals surface area contributed by atoms with Crippen LogP contribution in [0.2, 0.25) is 10.0 Å². The van der Waals surface area contributed by atoms with Crippen molar-refractivity contribution in [2.24, 2.45) is 0 Å². The second-order valence-electron chi connectivity index (χ2n) is 3.51. The lowest BCUT2D eigenvalue weighted by Crippen LogP contribution is -1.85. The highest BCUT2D eigenvalue weighted by Gasteiger charge is 2.05. The van der Waals surface area contributed by atoms with Crippen LogP contribution >= 0.6 is 23.2 Å². The fraction of sp³-hybridized carbons (Fsp3) is 0. The van der Waals surface area contributed by atoms with Gasteiger partial charge in [0.1, 0.15) is 0 Å². The lowest BCUT2D eigenvalue weighted by atomic mass is 10.2. The molecule has 0 bridgehead atoms. The molecule has 0 aliphatic heterocycles. The summed E-state index contributed by atoms with van der Waals surface area (Å²) in [7, 11) is 0. The number of pyridine rings is 1. The first-order valence-electron chi connectivity index (χ1n) is 4.94. The van der Waals surface area contributed by atoms with Crippen molar-refractivity contribution in [2.75, 3.05) is 0 Å². The lowest BCUT2D eigenvalue weighted by Gasteiger charge is -2.08. The Labute approximate surface area is 107 Å². The van der Waals surface area contributed by atoms with Gasteiger partial charge < -0.3 is 9.97 Å². The molecule has 0 radical (unpaired) electrons. The highest BCUT2D eigenvalue weighted by molar-refractivity contribution is 6.39. The number of imidazole rings is 1. The maximum absolute atomic E-state index is 6.11. The van der Waals surface area contributed by atoms with Gasteiger partial charge in [0.05, 0.1) is 0 Å². The van der Waals surface area contributed by atoms with E-state index in [9.17, 15) is 0 Å². The van der Waals surface area contributed by atoms with E-state index in [0.717, 1.165) is 11.0 Å². The molecule has 84 valence electrons. The Morgan fingerprint density at radius 3 is 2.53 bits per heavy atom. The third kappa shape index (κ3) is 1.77. The van der Waals surface area contributed by atoms with E-state index < -0.39 is 0 Å². The van der Waals surface area contributed by atoms with Gasteiger partial charge in [-0.2, -0.15) is 0 Å². The summed E-state index contributed by atoms with van der Waals surface area (Å²) in [4.78, 5) is 12.7. The predicted molar refractivity (Wildman–Crippen MR) is 68.3 cm³/mol. The van der Waals surface area contributed by atoms with Crippen molar-refractivity contribution in [1.29, 1.82) is 0 Å². The number of benzene rings is 1. The standard InChI is InChI=1S/C12H6Cl2N3/c13-7-2-1-3-8(14)11(7)12-16-9-4-5-15-6-10(9)17-12/h1-6H/q-1. The van der Waals surface area contributed by atoms with Gasteiger partial charge in [0, 0.05) is 28.0 Å². The number of aromatic nitrogens is 3. The fourth-order valence-corrected chi connectivity index (χ4v) is 2.20. The third-order valence-electron chi connectivity index (χ3n) is 2.42. The number of hydrogen-bond acceptors (Lipinski definition) is 2. The Morgan fingerprint density at radius 1 is 1.06 bits per heavy atom. The van der Waals surface area contributed by atoms with Gasteiger partial charge in [0.2, 0.25) is 0 Å². The van der Waals surface area contributed by atoms with Gasteiger partial charge in [-0.15, -0.1) is 0 Å². The zero-order valence-electron chi connectivity index (χ0n) is 8.56. The molecule has 0 saturated heterocycles. The van der Waals surface area contributed by atoms with Crippen LogP contribution in [-0.4, -0.2) is 9.97 Å². The predicted octanol–water partition coefficient (Wildman–Crippen LogP) is 3.56. The molecule has 0 saturated carbocycles. The molecule has 2 aromatic heterocycles. The fourth-order valence-electron chi connectivity index (χ4n) is 1.64. The number of halogens is 2. The van der Waals surface area contributed by atoms with Crippen molar-refractivity contribution in [1.82, 2.24) is 15.0 Å². The summed E-state index contributed by atoms with van der Waals surface area (Å²) in [6, 6.07) is 7.12. The second kappa shape index (κ2) is 4.02. The number of rotatable bonds is 1. The van der Waals surface area contributed by atoms with Crippen LogP contribution in [0.3, 0.4) is 0 Å². The average molecular weight is 263 g/mol. The highest BCUT2D eigenvalue weighted by atomic mass is 35.5. The smallest absolute Gasteiger partial charge is 0.0492 e. The van der Waals surface area contributed by atoms with Crippen LogP contribution in [0.4, 0.5) is 0 Å². The SMILES string of the molecule is Clc1cccc(Cl)c1-c1nc2cnccc2[n-]1. The third-order valence-corrected chi connectivity index (χ3v) is 3.05. The Morgan fingerprint density at radius 2 is 1.82 bits per heavy atom. The molecule has 2 heterocycles. The van der Waals surface area contributed by atoms with Crippen molar-refractivity contribution in [3.63, 3.8) is 0 Å². The molecule has 0 aliphatic rings. The quantitative estimate of drug-likeness (QED) is 0.673. The number of hydrogen-bond donors (Lipinski definition) is 0. The van der Waals surface area contributed by atoms with Gasteiger partial charge in [-0.25, -0.2) is 0 Å². The Kier molecular flexibility index (Phi) is 2.50. The summed E-state index contributed by atoms with van der Waals surface area (Å²) in [5.41, 5.74) is 2.18. The number of nitrogens with zero attached hydrogens (tertiary/aromatic N) is 3. The van der Waals surface area contributed by atoms with E-state index in [4.69, 9.17) is 23.2 Å². The molecule has 0 aliphatic carbocycles. The maximum Gasteiger partial charge on any atom is 0.0492 e. The molecule has 0 N–H and O–H groups in total. The normalized spacial score (nSPS) is 10.9. The zero-order valence-corrected chi connectivity index (χ0v) is 10.1. The van der Waals surface area contributed by atoms with Crippen LogP contribution in [0.1, 0.15) is 0 Å². The monoisotopic (exact) mass is 262 g/mol. The Hall–Kier alpha value is -1.58. The minimum absolute atomic E-state index is 0.531. The van der Waals surface area contributed by atoms with Gasteiger partial charge in [-0.3, -0.25) is 4.98 Å². The summed E-state index contributed by atoms with van der Waals surface area (Å²) in [6.45, 7) is 0. The molecule has 0 spiro atoms. The topological polar surface area (TPSA) is 39.9 Å². The average Bonchev–Trinajstić information content (AvgIpc) is 2.71. The molecule has 1 aromatic carbocycles. The van der Waals surface area contributed by atoms with Gasteiger partial charge in [-0.05, 0) is 35.1 Å². The largest absolute Gasteiger partial charge is 0.435 e. The molecule has 3 rings (SSSR count). The van der Waals surface area contributed by atoms with E-state index in [1.54, 1.807) is 36.7 Å². The van der Waals surface area contributed by atoms with Crippen LogP contribution in [0.15, 0.2) is 36.7 Å². The van der Waals surface area contributed by atoms with Crippen molar-refractivity contribution >= 4 is 34.2 Å². The van der Waals surface area contributed by atoms with E-state index >= 15 is 0 Å². The first kappa shape index (κ1) is 10.6. The van der Waals surface area contributed by atoms with Crippen molar-refractivity contribution < 1.29 is 0 Å². The van der Waals surface area contributed by atoms with Crippen LogP contribution in [0.25, 0.3) is 22.4 Å². The molecule has 3 nitrogen and oxygen atoms in total. The van der Waals surface area contributed by atoms with E-state index in [2.05, 4.69) is 15.0 Å². The summed E-state index contributed by atoms with van der Waals surface area (Å²) in [6.07, 6.45) is 3.34. The van der Waals surface area contributed by atoms with Crippen molar-refractivity contribution in [3.8, 4) is 11.4 Å². The minimum atomic E-state index is 0.531. The molecule has 17 heavy (non-hydrogen) atoms. The van der Waals surface area contributed by atoms with Crippen molar-refractivity contribution in [2.45, 2.75) is 0 Å². The first-order valence-corrected chi connectivity index (χ1v) is 5.70. The Bertz CT molecular complexity index is 638. The summed E-state index contributed by atoms with van der Waals surface area (Å²) >= 11 is 12.2. The molecule has 0 amide bonds. The molecular formula is C12H6Cl2N3-. The van der Waals surface area contributed by atoms with Crippen molar-refractivity contribution in [3.05, 3.63) is 46.7 Å².